The summed E-state index contributed by atoms with van der Waals surface area (Å²) in [6.07, 6.45) is -14.2. The Labute approximate surface area is 126 Å². The van der Waals surface area contributed by atoms with Gasteiger partial charge < -0.3 is 50.0 Å². The lowest BCUT2D eigenvalue weighted by molar-refractivity contribution is -0.352. The molecule has 10 nitrogen and oxygen atoms in total. The van der Waals surface area contributed by atoms with Gasteiger partial charge in [-0.3, -0.25) is 0 Å². The summed E-state index contributed by atoms with van der Waals surface area (Å²) in [4.78, 5) is 0. The van der Waals surface area contributed by atoms with Gasteiger partial charge in [0.05, 0.1) is 12.7 Å². The van der Waals surface area contributed by atoms with Gasteiger partial charge in [0.15, 0.2) is 12.6 Å². The monoisotopic (exact) mass is 326 g/mol. The first-order chi connectivity index (χ1) is 10.3. The zero-order chi connectivity index (χ0) is 16.6. The highest BCUT2D eigenvalue weighted by Crippen LogP contribution is 2.28. The third-order valence-electron chi connectivity index (χ3n) is 3.94. The molecule has 2 aliphatic rings. The van der Waals surface area contributed by atoms with Crippen molar-refractivity contribution < 1.29 is 50.0 Å². The van der Waals surface area contributed by atoms with Crippen molar-refractivity contribution in [3.8, 4) is 0 Å². The number of hydrogen-bond acceptors (Lipinski definition) is 10. The third kappa shape index (κ3) is 3.26. The molecule has 22 heavy (non-hydrogen) atoms. The van der Waals surface area contributed by atoms with E-state index in [1.807, 2.05) is 0 Å². The molecular weight excluding hydrogens is 304 g/mol. The summed E-state index contributed by atoms with van der Waals surface area (Å²) in [6, 6.07) is 0. The number of ether oxygens (including phenoxy) is 3. The van der Waals surface area contributed by atoms with Crippen LogP contribution in [0.25, 0.3) is 0 Å². The Morgan fingerprint density at radius 3 is 2.05 bits per heavy atom. The average Bonchev–Trinajstić information content (AvgIpc) is 2.50. The van der Waals surface area contributed by atoms with Gasteiger partial charge in [-0.05, 0) is 6.92 Å². The van der Waals surface area contributed by atoms with Gasteiger partial charge in [0, 0.05) is 0 Å². The highest BCUT2D eigenvalue weighted by atomic mass is 16.7. The summed E-state index contributed by atoms with van der Waals surface area (Å²) in [7, 11) is 0. The third-order valence-corrected chi connectivity index (χ3v) is 3.94. The van der Waals surface area contributed by atoms with Crippen LogP contribution in [-0.4, -0.2) is 104 Å². The van der Waals surface area contributed by atoms with Crippen molar-refractivity contribution in [1.82, 2.24) is 0 Å². The molecule has 0 aliphatic carbocycles. The first-order valence-corrected chi connectivity index (χ1v) is 6.93. The Morgan fingerprint density at radius 1 is 0.818 bits per heavy atom. The molecule has 0 unspecified atom stereocenters. The topological polar surface area (TPSA) is 169 Å². The van der Waals surface area contributed by atoms with Crippen LogP contribution in [-0.2, 0) is 14.2 Å². The maximum atomic E-state index is 9.93. The van der Waals surface area contributed by atoms with E-state index in [4.69, 9.17) is 14.2 Å². The second-order valence-corrected chi connectivity index (χ2v) is 5.51. The fourth-order valence-electron chi connectivity index (χ4n) is 2.52. The number of aliphatic hydroxyl groups is 7. The van der Waals surface area contributed by atoms with Crippen LogP contribution in [0.2, 0.25) is 0 Å². The van der Waals surface area contributed by atoms with Crippen LogP contribution in [0.5, 0.6) is 0 Å². The Balaban J connectivity index is 2.10. The van der Waals surface area contributed by atoms with Crippen LogP contribution < -0.4 is 0 Å². The molecule has 0 aromatic rings. The molecule has 0 saturated carbocycles. The van der Waals surface area contributed by atoms with Crippen LogP contribution >= 0.6 is 0 Å². The molecule has 2 heterocycles. The van der Waals surface area contributed by atoms with Crippen molar-refractivity contribution in [3.63, 3.8) is 0 Å². The molecule has 2 rings (SSSR count). The maximum absolute atomic E-state index is 9.93. The lowest BCUT2D eigenvalue weighted by atomic mass is 9.97. The van der Waals surface area contributed by atoms with Gasteiger partial charge in [-0.2, -0.15) is 0 Å². The van der Waals surface area contributed by atoms with E-state index in [0.717, 1.165) is 0 Å². The molecule has 130 valence electrons. The van der Waals surface area contributed by atoms with E-state index < -0.39 is 68.0 Å². The van der Waals surface area contributed by atoms with Gasteiger partial charge >= 0.3 is 0 Å². The Morgan fingerprint density at radius 2 is 1.45 bits per heavy atom. The highest BCUT2D eigenvalue weighted by Gasteiger charge is 2.49. The van der Waals surface area contributed by atoms with E-state index in [1.54, 1.807) is 0 Å². The minimum atomic E-state index is -1.70. The molecule has 0 spiro atoms. The largest absolute Gasteiger partial charge is 0.394 e. The first-order valence-electron chi connectivity index (χ1n) is 6.93. The standard InChI is InChI=1S/C12H22O10/c1-3-5(14)6(15)9(18)12(20-3)22-10-4(2-13)21-11(19)8(17)7(10)16/h3-19H,2H2,1H3/t3-,4+,5+,6+,7+,8+,9-,10+,11-,12+/m0/s1. The normalized spacial score (nSPS) is 53.5. The van der Waals surface area contributed by atoms with Crippen molar-refractivity contribution in [1.29, 1.82) is 0 Å². The summed E-state index contributed by atoms with van der Waals surface area (Å²) in [5, 5.41) is 67.3. The minimum Gasteiger partial charge on any atom is -0.394 e. The molecule has 0 bridgehead atoms. The Kier molecular flexibility index (Phi) is 5.72. The first kappa shape index (κ1) is 17.9. The predicted molar refractivity (Wildman–Crippen MR) is 67.2 cm³/mol. The molecule has 2 saturated heterocycles. The van der Waals surface area contributed by atoms with E-state index in [-0.39, 0.29) is 0 Å². The maximum Gasteiger partial charge on any atom is 0.187 e. The van der Waals surface area contributed by atoms with Crippen LogP contribution in [0.4, 0.5) is 0 Å². The second-order valence-electron chi connectivity index (χ2n) is 5.51. The summed E-state index contributed by atoms with van der Waals surface area (Å²) < 4.78 is 15.4. The van der Waals surface area contributed by atoms with Gasteiger partial charge in [0.25, 0.3) is 0 Å². The van der Waals surface area contributed by atoms with Crippen LogP contribution in [0.1, 0.15) is 6.92 Å². The van der Waals surface area contributed by atoms with Crippen molar-refractivity contribution in [2.24, 2.45) is 0 Å². The quantitative estimate of drug-likeness (QED) is 0.269. The lowest BCUT2D eigenvalue weighted by Crippen LogP contribution is -2.63. The Bertz CT molecular complexity index is 366. The molecule has 10 heteroatoms. The van der Waals surface area contributed by atoms with Crippen LogP contribution in [0, 0.1) is 0 Å². The fourth-order valence-corrected chi connectivity index (χ4v) is 2.52. The van der Waals surface area contributed by atoms with Crippen molar-refractivity contribution in [2.75, 3.05) is 6.61 Å². The summed E-state index contributed by atoms with van der Waals surface area (Å²) >= 11 is 0. The van der Waals surface area contributed by atoms with E-state index in [9.17, 15) is 35.7 Å². The summed E-state index contributed by atoms with van der Waals surface area (Å²) in [5.41, 5.74) is 0. The van der Waals surface area contributed by atoms with Crippen LogP contribution in [0.15, 0.2) is 0 Å². The van der Waals surface area contributed by atoms with Gasteiger partial charge in [-0.1, -0.05) is 0 Å². The molecule has 0 amide bonds. The minimum absolute atomic E-state index is 0.630. The lowest BCUT2D eigenvalue weighted by Gasteiger charge is -2.44. The molecule has 10 atom stereocenters. The number of hydrogen-bond donors (Lipinski definition) is 7. The number of aliphatic hydroxyl groups excluding tert-OH is 7. The average molecular weight is 326 g/mol. The van der Waals surface area contributed by atoms with Gasteiger partial charge in [0.1, 0.15) is 42.7 Å². The van der Waals surface area contributed by atoms with Gasteiger partial charge in [-0.25, -0.2) is 0 Å². The van der Waals surface area contributed by atoms with Gasteiger partial charge in [-0.15, -0.1) is 0 Å². The van der Waals surface area contributed by atoms with Crippen molar-refractivity contribution in [3.05, 3.63) is 0 Å². The molecule has 0 radical (unpaired) electrons. The smallest absolute Gasteiger partial charge is 0.187 e. The zero-order valence-corrected chi connectivity index (χ0v) is 11.8. The highest BCUT2D eigenvalue weighted by molar-refractivity contribution is 4.93. The molecule has 2 aliphatic heterocycles. The number of rotatable bonds is 3. The van der Waals surface area contributed by atoms with E-state index >= 15 is 0 Å². The zero-order valence-electron chi connectivity index (χ0n) is 11.8. The van der Waals surface area contributed by atoms with E-state index in [1.165, 1.54) is 6.92 Å². The molecule has 0 aromatic heterocycles. The molecule has 2 fully saturated rings. The van der Waals surface area contributed by atoms with Gasteiger partial charge in [0.2, 0.25) is 0 Å². The SMILES string of the molecule is C[C@@H]1O[C@H](O[C@H]2[C@H](O)[C@@H](O)[C@@H](O)O[C@@H]2CO)[C@@H](O)[C@H](O)[C@@H]1O. The fraction of sp³-hybridized carbons (Fsp3) is 1.00. The van der Waals surface area contributed by atoms with Crippen LogP contribution in [0.3, 0.4) is 0 Å². The van der Waals surface area contributed by atoms with E-state index in [2.05, 4.69) is 0 Å². The summed E-state index contributed by atoms with van der Waals surface area (Å²) in [6.45, 7) is 0.821. The van der Waals surface area contributed by atoms with Crippen molar-refractivity contribution >= 4 is 0 Å². The van der Waals surface area contributed by atoms with Crippen molar-refractivity contribution in [2.45, 2.75) is 68.3 Å². The van der Waals surface area contributed by atoms with E-state index in [0.29, 0.717) is 0 Å². The molecule has 7 N–H and O–H groups in total. The molecule has 0 aromatic carbocycles. The second kappa shape index (κ2) is 7.01. The predicted octanol–water partition coefficient (Wildman–Crippen LogP) is -4.37. The molecular formula is C12H22O10. The Hall–Kier alpha value is -0.400. The summed E-state index contributed by atoms with van der Waals surface area (Å²) in [5.74, 6) is 0.